The number of hydrogen-bond donors (Lipinski definition) is 2. The van der Waals surface area contributed by atoms with E-state index in [9.17, 15) is 15.0 Å². The van der Waals surface area contributed by atoms with Gasteiger partial charge in [0.1, 0.15) is 6.54 Å². The van der Waals surface area contributed by atoms with Crippen molar-refractivity contribution in [3.8, 4) is 11.5 Å². The Balaban J connectivity index is 2.22. The number of aryl methyl sites for hydroxylation is 2. The van der Waals surface area contributed by atoms with E-state index in [0.717, 1.165) is 11.4 Å². The summed E-state index contributed by atoms with van der Waals surface area (Å²) in [6.45, 7) is 3.85. The number of hydrogen-bond acceptors (Lipinski definition) is 4. The minimum Gasteiger partial charge on any atom is -0.504 e. The van der Waals surface area contributed by atoms with Gasteiger partial charge in [0.05, 0.1) is 5.69 Å². The third-order valence-corrected chi connectivity index (χ3v) is 2.69. The first-order valence-electron chi connectivity index (χ1n) is 5.53. The highest BCUT2D eigenvalue weighted by molar-refractivity contribution is 5.96. The van der Waals surface area contributed by atoms with Gasteiger partial charge in [-0.15, -0.1) is 0 Å². The van der Waals surface area contributed by atoms with Gasteiger partial charge in [0.2, 0.25) is 0 Å². The zero-order chi connectivity index (χ0) is 13.3. The lowest BCUT2D eigenvalue weighted by atomic mass is 10.1. The Kier molecular flexibility index (Phi) is 3.06. The van der Waals surface area contributed by atoms with E-state index in [2.05, 4.69) is 5.10 Å². The van der Waals surface area contributed by atoms with Crippen LogP contribution < -0.4 is 0 Å². The molecule has 0 unspecified atom stereocenters. The number of nitrogens with zero attached hydrogens (tertiary/aromatic N) is 2. The van der Waals surface area contributed by atoms with Crippen LogP contribution in [-0.4, -0.2) is 25.8 Å². The monoisotopic (exact) mass is 246 g/mol. The molecule has 2 rings (SSSR count). The molecule has 0 spiro atoms. The predicted octanol–water partition coefficient (Wildman–Crippen LogP) is 1.79. The summed E-state index contributed by atoms with van der Waals surface area (Å²) in [6.07, 6.45) is 0. The molecule has 5 heteroatoms. The minimum absolute atomic E-state index is 0.115. The molecule has 0 aliphatic rings. The number of phenols is 2. The van der Waals surface area contributed by atoms with Crippen molar-refractivity contribution in [1.29, 1.82) is 0 Å². The molecule has 0 aliphatic carbocycles. The van der Waals surface area contributed by atoms with E-state index in [-0.39, 0.29) is 23.8 Å². The molecule has 2 aromatic rings. The fraction of sp³-hybridized carbons (Fsp3) is 0.231. The van der Waals surface area contributed by atoms with Crippen molar-refractivity contribution in [3.05, 3.63) is 41.2 Å². The van der Waals surface area contributed by atoms with Crippen molar-refractivity contribution < 1.29 is 15.0 Å². The van der Waals surface area contributed by atoms with Crippen LogP contribution in [-0.2, 0) is 6.54 Å². The summed E-state index contributed by atoms with van der Waals surface area (Å²) < 4.78 is 1.61. The van der Waals surface area contributed by atoms with Gasteiger partial charge in [-0.2, -0.15) is 5.10 Å². The standard InChI is InChI=1S/C13H14N2O3/c1-8-5-9(2)15(14-8)7-13(18)10-3-4-11(16)12(17)6-10/h3-6,16-17H,7H2,1-2H3. The fourth-order valence-corrected chi connectivity index (χ4v) is 1.76. The fourth-order valence-electron chi connectivity index (χ4n) is 1.76. The third-order valence-electron chi connectivity index (χ3n) is 2.69. The Morgan fingerprint density at radius 2 is 1.94 bits per heavy atom. The average Bonchev–Trinajstić information content (AvgIpc) is 2.61. The van der Waals surface area contributed by atoms with E-state index in [4.69, 9.17) is 0 Å². The molecule has 1 aromatic heterocycles. The second kappa shape index (κ2) is 4.52. The first-order chi connectivity index (χ1) is 8.47. The van der Waals surface area contributed by atoms with E-state index in [1.807, 2.05) is 19.9 Å². The van der Waals surface area contributed by atoms with E-state index < -0.39 is 0 Å². The number of aromatic hydroxyl groups is 2. The van der Waals surface area contributed by atoms with Gasteiger partial charge in [-0.1, -0.05) is 0 Å². The SMILES string of the molecule is Cc1cc(C)n(CC(=O)c2ccc(O)c(O)c2)n1. The number of Topliss-reactive ketones (excluding diaryl/α,β-unsaturated/α-hetero) is 1. The topological polar surface area (TPSA) is 75.4 Å². The first kappa shape index (κ1) is 12.2. The maximum absolute atomic E-state index is 12.0. The van der Waals surface area contributed by atoms with Gasteiger partial charge < -0.3 is 10.2 Å². The molecular formula is C13H14N2O3. The van der Waals surface area contributed by atoms with Crippen molar-refractivity contribution in [2.75, 3.05) is 0 Å². The molecule has 0 saturated carbocycles. The Hall–Kier alpha value is -2.30. The van der Waals surface area contributed by atoms with Crippen LogP contribution in [0.1, 0.15) is 21.7 Å². The summed E-state index contributed by atoms with van der Waals surface area (Å²) >= 11 is 0. The molecule has 5 nitrogen and oxygen atoms in total. The number of rotatable bonds is 3. The van der Waals surface area contributed by atoms with E-state index >= 15 is 0 Å². The van der Waals surface area contributed by atoms with Gasteiger partial charge in [-0.3, -0.25) is 9.48 Å². The second-order valence-electron chi connectivity index (χ2n) is 4.21. The Bertz CT molecular complexity index is 602. The van der Waals surface area contributed by atoms with Gasteiger partial charge in [0, 0.05) is 11.3 Å². The Labute approximate surface area is 104 Å². The lowest BCUT2D eigenvalue weighted by Crippen LogP contribution is -2.12. The molecular weight excluding hydrogens is 232 g/mol. The van der Waals surface area contributed by atoms with Gasteiger partial charge in [0.15, 0.2) is 17.3 Å². The average molecular weight is 246 g/mol. The molecule has 1 heterocycles. The molecule has 0 bridgehead atoms. The number of aromatic nitrogens is 2. The highest BCUT2D eigenvalue weighted by Crippen LogP contribution is 2.25. The summed E-state index contributed by atoms with van der Waals surface area (Å²) in [6, 6.07) is 5.91. The second-order valence-corrected chi connectivity index (χ2v) is 4.21. The molecule has 0 radical (unpaired) electrons. The highest BCUT2D eigenvalue weighted by Gasteiger charge is 2.11. The number of phenolic OH excluding ortho intramolecular Hbond substituents is 2. The quantitative estimate of drug-likeness (QED) is 0.639. The number of carbonyl (C=O) groups is 1. The van der Waals surface area contributed by atoms with Gasteiger partial charge in [-0.25, -0.2) is 0 Å². The lowest BCUT2D eigenvalue weighted by Gasteiger charge is -2.05. The largest absolute Gasteiger partial charge is 0.504 e. The summed E-state index contributed by atoms with van der Waals surface area (Å²) in [5.74, 6) is -0.705. The van der Waals surface area contributed by atoms with E-state index in [0.29, 0.717) is 5.56 Å². The van der Waals surface area contributed by atoms with Crippen LogP contribution in [0, 0.1) is 13.8 Å². The third kappa shape index (κ3) is 2.34. The lowest BCUT2D eigenvalue weighted by molar-refractivity contribution is 0.0966. The van der Waals surface area contributed by atoms with Crippen LogP contribution in [0.4, 0.5) is 0 Å². The number of ketones is 1. The van der Waals surface area contributed by atoms with Gasteiger partial charge in [0.25, 0.3) is 0 Å². The Morgan fingerprint density at radius 3 is 2.50 bits per heavy atom. The highest BCUT2D eigenvalue weighted by atomic mass is 16.3. The normalized spacial score (nSPS) is 10.6. The molecule has 0 fully saturated rings. The van der Waals surface area contributed by atoms with Gasteiger partial charge in [-0.05, 0) is 38.1 Å². The van der Waals surface area contributed by atoms with E-state index in [1.165, 1.54) is 18.2 Å². The molecule has 94 valence electrons. The molecule has 1 aromatic carbocycles. The van der Waals surface area contributed by atoms with Crippen molar-refractivity contribution in [3.63, 3.8) is 0 Å². The smallest absolute Gasteiger partial charge is 0.184 e. The van der Waals surface area contributed by atoms with Crippen molar-refractivity contribution >= 4 is 5.78 Å². The molecule has 0 saturated heterocycles. The first-order valence-corrected chi connectivity index (χ1v) is 5.53. The maximum Gasteiger partial charge on any atom is 0.184 e. The number of carbonyl (C=O) groups excluding carboxylic acids is 1. The molecule has 0 atom stereocenters. The van der Waals surface area contributed by atoms with Crippen LogP contribution in [0.25, 0.3) is 0 Å². The van der Waals surface area contributed by atoms with Crippen LogP contribution >= 0.6 is 0 Å². The summed E-state index contributed by atoms with van der Waals surface area (Å²) in [5.41, 5.74) is 2.11. The van der Waals surface area contributed by atoms with Crippen LogP contribution in [0.15, 0.2) is 24.3 Å². The molecule has 18 heavy (non-hydrogen) atoms. The number of benzene rings is 1. The van der Waals surface area contributed by atoms with Crippen LogP contribution in [0.3, 0.4) is 0 Å². The summed E-state index contributed by atoms with van der Waals surface area (Å²) in [5, 5.41) is 22.7. The van der Waals surface area contributed by atoms with Crippen molar-refractivity contribution in [2.24, 2.45) is 0 Å². The van der Waals surface area contributed by atoms with Gasteiger partial charge >= 0.3 is 0 Å². The van der Waals surface area contributed by atoms with Crippen molar-refractivity contribution in [2.45, 2.75) is 20.4 Å². The zero-order valence-corrected chi connectivity index (χ0v) is 10.2. The summed E-state index contributed by atoms with van der Waals surface area (Å²) in [4.78, 5) is 12.0. The van der Waals surface area contributed by atoms with Crippen molar-refractivity contribution in [1.82, 2.24) is 9.78 Å². The van der Waals surface area contributed by atoms with Crippen LogP contribution in [0.2, 0.25) is 0 Å². The zero-order valence-electron chi connectivity index (χ0n) is 10.2. The minimum atomic E-state index is -0.297. The molecule has 0 aliphatic heterocycles. The van der Waals surface area contributed by atoms with Crippen LogP contribution in [0.5, 0.6) is 11.5 Å². The molecule has 0 amide bonds. The van der Waals surface area contributed by atoms with E-state index in [1.54, 1.807) is 4.68 Å². The predicted molar refractivity (Wildman–Crippen MR) is 65.8 cm³/mol. The molecule has 2 N–H and O–H groups in total. The Morgan fingerprint density at radius 1 is 1.22 bits per heavy atom. The maximum atomic E-state index is 12.0. The summed E-state index contributed by atoms with van der Waals surface area (Å²) in [7, 11) is 0.